The first-order valence-corrected chi connectivity index (χ1v) is 4.90. The number of carbonyl (C=O) groups excluding carboxylic acids is 1. The van der Waals surface area contributed by atoms with Crippen LogP contribution in [0.3, 0.4) is 0 Å². The molecule has 0 aliphatic rings. The fourth-order valence-electron chi connectivity index (χ4n) is 1.47. The van der Waals surface area contributed by atoms with Gasteiger partial charge in [0.2, 0.25) is 5.78 Å². The van der Waals surface area contributed by atoms with Gasteiger partial charge in [-0.05, 0) is 19.1 Å². The summed E-state index contributed by atoms with van der Waals surface area (Å²) in [6, 6.07) is 2.94. The average molecular weight is 219 g/mol. The van der Waals surface area contributed by atoms with Gasteiger partial charge in [-0.3, -0.25) is 14.5 Å². The van der Waals surface area contributed by atoms with Crippen LogP contribution in [0.15, 0.2) is 30.7 Å². The molecule has 5 heteroatoms. The van der Waals surface area contributed by atoms with Crippen LogP contribution >= 0.6 is 0 Å². The van der Waals surface area contributed by atoms with E-state index in [4.69, 9.17) is 0 Å². The predicted molar refractivity (Wildman–Crippen MR) is 55.5 cm³/mol. The standard InChI is InChI=1S/C11H10FN3O/c1-2-15-10(4-6-14-15)11(16)8-3-5-13-7-9(8)12/h3-7H,2H2,1H3. The van der Waals surface area contributed by atoms with Gasteiger partial charge >= 0.3 is 0 Å². The molecule has 82 valence electrons. The number of aryl methyl sites for hydroxylation is 1. The third-order valence-corrected chi connectivity index (χ3v) is 2.27. The molecule has 0 aromatic carbocycles. The Hall–Kier alpha value is -2.04. The summed E-state index contributed by atoms with van der Waals surface area (Å²) in [5.41, 5.74) is 0.401. The third kappa shape index (κ3) is 1.71. The Bertz CT molecular complexity index is 521. The summed E-state index contributed by atoms with van der Waals surface area (Å²) >= 11 is 0. The van der Waals surface area contributed by atoms with E-state index in [-0.39, 0.29) is 11.3 Å². The number of hydrogen-bond donors (Lipinski definition) is 0. The molecule has 2 aromatic rings. The maximum atomic E-state index is 13.4. The fraction of sp³-hybridized carbons (Fsp3) is 0.182. The van der Waals surface area contributed by atoms with Crippen molar-refractivity contribution in [3.05, 3.63) is 47.8 Å². The van der Waals surface area contributed by atoms with Gasteiger partial charge in [-0.25, -0.2) is 4.39 Å². The van der Waals surface area contributed by atoms with Crippen LogP contribution in [0.25, 0.3) is 0 Å². The first-order chi connectivity index (χ1) is 7.74. The van der Waals surface area contributed by atoms with Crippen molar-refractivity contribution in [2.45, 2.75) is 13.5 Å². The van der Waals surface area contributed by atoms with Crippen LogP contribution in [-0.2, 0) is 6.54 Å². The van der Waals surface area contributed by atoms with Crippen molar-refractivity contribution in [1.29, 1.82) is 0 Å². The van der Waals surface area contributed by atoms with Crippen LogP contribution < -0.4 is 0 Å². The Morgan fingerprint density at radius 1 is 1.44 bits per heavy atom. The molecule has 0 amide bonds. The second-order valence-electron chi connectivity index (χ2n) is 3.22. The molecule has 16 heavy (non-hydrogen) atoms. The van der Waals surface area contributed by atoms with Gasteiger partial charge in [0.05, 0.1) is 11.8 Å². The quantitative estimate of drug-likeness (QED) is 0.738. The van der Waals surface area contributed by atoms with Crippen molar-refractivity contribution in [3.8, 4) is 0 Å². The number of nitrogens with zero attached hydrogens (tertiary/aromatic N) is 3. The van der Waals surface area contributed by atoms with E-state index in [2.05, 4.69) is 10.1 Å². The van der Waals surface area contributed by atoms with Gasteiger partial charge in [-0.2, -0.15) is 5.10 Å². The van der Waals surface area contributed by atoms with Gasteiger partial charge in [0.1, 0.15) is 5.69 Å². The maximum Gasteiger partial charge on any atom is 0.214 e. The molecular weight excluding hydrogens is 209 g/mol. The average Bonchev–Trinajstić information content (AvgIpc) is 2.77. The SMILES string of the molecule is CCn1nccc1C(=O)c1ccncc1F. The lowest BCUT2D eigenvalue weighted by molar-refractivity contribution is 0.102. The second kappa shape index (κ2) is 4.22. The van der Waals surface area contributed by atoms with Crippen LogP contribution in [0, 0.1) is 5.82 Å². The lowest BCUT2D eigenvalue weighted by Gasteiger charge is -2.04. The van der Waals surface area contributed by atoms with E-state index in [1.807, 2.05) is 6.92 Å². The fourth-order valence-corrected chi connectivity index (χ4v) is 1.47. The zero-order valence-electron chi connectivity index (χ0n) is 8.72. The predicted octanol–water partition coefficient (Wildman–Crippen LogP) is 1.67. The second-order valence-corrected chi connectivity index (χ2v) is 3.22. The van der Waals surface area contributed by atoms with Crippen molar-refractivity contribution in [3.63, 3.8) is 0 Å². The van der Waals surface area contributed by atoms with Crippen molar-refractivity contribution in [2.24, 2.45) is 0 Å². The molecular formula is C11H10FN3O. The maximum absolute atomic E-state index is 13.4. The van der Waals surface area contributed by atoms with E-state index in [9.17, 15) is 9.18 Å². The summed E-state index contributed by atoms with van der Waals surface area (Å²) in [4.78, 5) is 15.6. The summed E-state index contributed by atoms with van der Waals surface area (Å²) in [7, 11) is 0. The zero-order valence-corrected chi connectivity index (χ0v) is 8.72. The molecule has 0 radical (unpaired) electrons. The number of pyridine rings is 1. The highest BCUT2D eigenvalue weighted by molar-refractivity contribution is 6.07. The van der Waals surface area contributed by atoms with E-state index < -0.39 is 5.82 Å². The minimum absolute atomic E-state index is 0.0187. The largest absolute Gasteiger partial charge is 0.287 e. The molecule has 0 N–H and O–H groups in total. The Morgan fingerprint density at radius 2 is 2.25 bits per heavy atom. The van der Waals surface area contributed by atoms with Crippen molar-refractivity contribution < 1.29 is 9.18 Å². The van der Waals surface area contributed by atoms with Gasteiger partial charge in [0.25, 0.3) is 0 Å². The smallest absolute Gasteiger partial charge is 0.214 e. The lowest BCUT2D eigenvalue weighted by atomic mass is 10.1. The lowest BCUT2D eigenvalue weighted by Crippen LogP contribution is -2.12. The molecule has 0 saturated heterocycles. The molecule has 0 atom stereocenters. The Morgan fingerprint density at radius 3 is 2.94 bits per heavy atom. The first kappa shape index (κ1) is 10.5. The molecule has 0 aliphatic carbocycles. The van der Waals surface area contributed by atoms with E-state index >= 15 is 0 Å². The van der Waals surface area contributed by atoms with Crippen LogP contribution in [-0.4, -0.2) is 20.5 Å². The van der Waals surface area contributed by atoms with E-state index in [0.717, 1.165) is 6.20 Å². The summed E-state index contributed by atoms with van der Waals surface area (Å²) in [5, 5.41) is 3.97. The molecule has 0 saturated carbocycles. The Kier molecular flexibility index (Phi) is 2.76. The Balaban J connectivity index is 2.44. The number of halogens is 1. The Labute approximate surface area is 91.7 Å². The summed E-state index contributed by atoms with van der Waals surface area (Å²) < 4.78 is 14.9. The monoisotopic (exact) mass is 219 g/mol. The minimum Gasteiger partial charge on any atom is -0.287 e. The third-order valence-electron chi connectivity index (χ3n) is 2.27. The number of ketones is 1. The van der Waals surface area contributed by atoms with Gasteiger partial charge in [0, 0.05) is 18.9 Å². The highest BCUT2D eigenvalue weighted by Crippen LogP contribution is 2.11. The first-order valence-electron chi connectivity index (χ1n) is 4.90. The molecule has 4 nitrogen and oxygen atoms in total. The summed E-state index contributed by atoms with van der Waals surface area (Å²) in [6.45, 7) is 2.44. The minimum atomic E-state index is -0.614. The molecule has 0 unspecified atom stereocenters. The van der Waals surface area contributed by atoms with Crippen molar-refractivity contribution in [2.75, 3.05) is 0 Å². The van der Waals surface area contributed by atoms with E-state index in [1.165, 1.54) is 23.1 Å². The van der Waals surface area contributed by atoms with Crippen LogP contribution in [0.2, 0.25) is 0 Å². The molecule has 2 heterocycles. The molecule has 2 rings (SSSR count). The molecule has 0 bridgehead atoms. The van der Waals surface area contributed by atoms with Crippen LogP contribution in [0.5, 0.6) is 0 Å². The summed E-state index contributed by atoms with van der Waals surface area (Å²) in [6.07, 6.45) is 3.94. The molecule has 0 aliphatic heterocycles. The number of rotatable bonds is 3. The van der Waals surface area contributed by atoms with Crippen LogP contribution in [0.4, 0.5) is 4.39 Å². The van der Waals surface area contributed by atoms with Gasteiger partial charge in [-0.1, -0.05) is 0 Å². The molecule has 0 fully saturated rings. The number of carbonyl (C=O) groups is 1. The van der Waals surface area contributed by atoms with Gasteiger partial charge < -0.3 is 0 Å². The molecule has 0 spiro atoms. The topological polar surface area (TPSA) is 47.8 Å². The summed E-state index contributed by atoms with van der Waals surface area (Å²) in [5.74, 6) is -0.990. The van der Waals surface area contributed by atoms with Gasteiger partial charge in [-0.15, -0.1) is 0 Å². The highest BCUT2D eigenvalue weighted by Gasteiger charge is 2.17. The van der Waals surface area contributed by atoms with Crippen molar-refractivity contribution in [1.82, 2.24) is 14.8 Å². The van der Waals surface area contributed by atoms with Crippen LogP contribution in [0.1, 0.15) is 23.0 Å². The normalized spacial score (nSPS) is 10.4. The van der Waals surface area contributed by atoms with E-state index in [0.29, 0.717) is 12.2 Å². The molecule has 2 aromatic heterocycles. The van der Waals surface area contributed by atoms with Crippen molar-refractivity contribution >= 4 is 5.78 Å². The number of hydrogen-bond acceptors (Lipinski definition) is 3. The highest BCUT2D eigenvalue weighted by atomic mass is 19.1. The zero-order chi connectivity index (χ0) is 11.5. The van der Waals surface area contributed by atoms with E-state index in [1.54, 1.807) is 6.07 Å². The number of aromatic nitrogens is 3. The van der Waals surface area contributed by atoms with Gasteiger partial charge in [0.15, 0.2) is 5.82 Å².